The van der Waals surface area contributed by atoms with Gasteiger partial charge < -0.3 is 20.0 Å². The molecule has 1 amide bonds. The second-order valence-corrected chi connectivity index (χ2v) is 10.6. The van der Waals surface area contributed by atoms with Crippen LogP contribution >= 0.6 is 12.0 Å². The van der Waals surface area contributed by atoms with Crippen LogP contribution in [0.5, 0.6) is 0 Å². The molecule has 2 heterocycles. The number of carboxylic acids is 2. The number of aromatic carboxylic acids is 1. The predicted octanol–water partition coefficient (Wildman–Crippen LogP) is -5.49. The van der Waals surface area contributed by atoms with Crippen molar-refractivity contribution >= 4 is 51.8 Å². The molecule has 45 heavy (non-hydrogen) atoms. The minimum absolute atomic E-state index is 0. The normalized spacial score (nSPS) is 15.9. The molecule has 1 unspecified atom stereocenters. The van der Waals surface area contributed by atoms with E-state index in [-0.39, 0.29) is 125 Å². The van der Waals surface area contributed by atoms with Crippen molar-refractivity contribution in [2.24, 2.45) is 0 Å². The zero-order valence-electron chi connectivity index (χ0n) is 23.3. The fourth-order valence-electron chi connectivity index (χ4n) is 3.85. The Balaban J connectivity index is 0.00000353. The Hall–Kier alpha value is -1.55. The molecule has 1 aliphatic heterocycles. The first-order chi connectivity index (χ1) is 20.4. The second-order valence-electron chi connectivity index (χ2n) is 8.41. The average molecular weight is 709 g/mol. The van der Waals surface area contributed by atoms with Gasteiger partial charge >= 0.3 is 115 Å². The number of anilines is 1. The zero-order chi connectivity index (χ0) is 31.3. The third kappa shape index (κ3) is 9.74. The van der Waals surface area contributed by atoms with Gasteiger partial charge in [0.15, 0.2) is 11.7 Å². The number of H-pyrrole nitrogens is 1. The van der Waals surface area contributed by atoms with Crippen LogP contribution in [0.1, 0.15) is 16.1 Å². The Morgan fingerprint density at radius 3 is 2.13 bits per heavy atom. The van der Waals surface area contributed by atoms with Crippen molar-refractivity contribution in [3.05, 3.63) is 100 Å². The molecule has 1 atom stereocenters. The van der Waals surface area contributed by atoms with Crippen LogP contribution in [0, 0.1) is 0 Å². The Morgan fingerprint density at radius 1 is 0.956 bits per heavy atom. The first-order valence-corrected chi connectivity index (χ1v) is 13.8. The molecule has 16 nitrogen and oxygen atoms in total. The van der Waals surface area contributed by atoms with Crippen LogP contribution in [0.2, 0.25) is 0 Å². The summed E-state index contributed by atoms with van der Waals surface area (Å²) in [6, 6.07) is 8.73. The number of hydrogen-bond donors (Lipinski definition) is 4. The van der Waals surface area contributed by atoms with E-state index in [0.29, 0.717) is 16.9 Å². The number of allylic oxidation sites excluding steroid dienone is 4. The Kier molecular flexibility index (Phi) is 15.5. The van der Waals surface area contributed by atoms with Gasteiger partial charge in [0.25, 0.3) is 11.5 Å². The number of aromatic nitrogens is 2. The molecule has 224 valence electrons. The van der Waals surface area contributed by atoms with Gasteiger partial charge in [-0.15, -0.1) is 0 Å². The molecule has 1 aromatic heterocycles. The minimum Gasteiger partial charge on any atom is -0.744 e. The first-order valence-electron chi connectivity index (χ1n) is 11.7. The molecular weight excluding hydrogens is 691 g/mol. The van der Waals surface area contributed by atoms with Crippen molar-refractivity contribution in [3.8, 4) is 5.69 Å². The molecule has 3 aromatic rings. The van der Waals surface area contributed by atoms with Crippen LogP contribution in [0.4, 0.5) is 5.69 Å². The molecule has 0 bridgehead atoms. The van der Waals surface area contributed by atoms with Crippen LogP contribution in [-0.4, -0.2) is 56.9 Å². The number of carbonyl (C=O) groups is 3. The fraction of sp³-hybridized carbons (Fsp3) is 0.0400. The number of benzene rings is 2. The van der Waals surface area contributed by atoms with Gasteiger partial charge in [-0.1, -0.05) is 24.3 Å². The van der Waals surface area contributed by atoms with E-state index in [4.69, 9.17) is 0 Å². The molecule has 0 saturated carbocycles. The van der Waals surface area contributed by atoms with Crippen LogP contribution in [0.15, 0.2) is 93.0 Å². The summed E-state index contributed by atoms with van der Waals surface area (Å²) in [5.74, 6) is -3.57. The standard InChI is InChI=1S/C25H20N4O12S2.2K/c30-22-18(20(24(32)33)26-28(22)14-6-10-16(11-7-14)42-41-40-36)4-2-1-3-5-19-21(25(34)35)27-29(23(19)31)15-8-12-17(13-9-15)43(37,38)39;;/h1-13,21,26-27,36H,(H,32,33)(H,34,35)(H,37,38,39);;/q;2*+1/p-2/b3-1+,4-2+,19-5+;;. The molecule has 0 spiro atoms. The van der Waals surface area contributed by atoms with Crippen LogP contribution in [0.25, 0.3) is 11.8 Å². The van der Waals surface area contributed by atoms with Crippen molar-refractivity contribution < 1.29 is 155 Å². The third-order valence-electron chi connectivity index (χ3n) is 5.80. The van der Waals surface area contributed by atoms with E-state index in [1.807, 2.05) is 0 Å². The molecular formula is C25H18K2N4O12S2. The van der Waals surface area contributed by atoms with Crippen LogP contribution in [-0.2, 0) is 29.1 Å². The maximum Gasteiger partial charge on any atom is 1.00 e. The van der Waals surface area contributed by atoms with Gasteiger partial charge in [0.05, 0.1) is 33.9 Å². The van der Waals surface area contributed by atoms with E-state index < -0.39 is 50.2 Å². The van der Waals surface area contributed by atoms with Gasteiger partial charge in [0, 0.05) is 10.5 Å². The van der Waals surface area contributed by atoms with Gasteiger partial charge in [-0.05, 0) is 54.6 Å². The molecule has 1 saturated heterocycles. The second kappa shape index (κ2) is 17.6. The molecule has 4 N–H and O–H groups in total. The topological polar surface area (TPSA) is 243 Å². The number of hydrazine groups is 1. The SMILES string of the molecule is O=C(O)c1[nH]n(-c2ccc(SOO[O-])cc2)c(=O)c1/C=C/C=C/C=C1/C(=O)N(c2ccc(S(=O)(=O)[O-])cc2)NC1C(=O)O.[K+].[K+]. The third-order valence-corrected chi connectivity index (χ3v) is 7.24. The summed E-state index contributed by atoms with van der Waals surface area (Å²) in [5, 5.41) is 35.7. The molecule has 4 rings (SSSR count). The Labute approximate surface area is 343 Å². The number of carbonyl (C=O) groups excluding carboxylic acids is 1. The van der Waals surface area contributed by atoms with Gasteiger partial charge in [0.1, 0.15) is 10.1 Å². The number of carboxylic acid groups (broad SMARTS) is 2. The predicted molar refractivity (Wildman–Crippen MR) is 144 cm³/mol. The zero-order valence-corrected chi connectivity index (χ0v) is 31.1. The van der Waals surface area contributed by atoms with Gasteiger partial charge in [-0.3, -0.25) is 24.5 Å². The summed E-state index contributed by atoms with van der Waals surface area (Å²) in [5.41, 5.74) is 1.33. The number of hydrogen-bond acceptors (Lipinski definition) is 12. The number of rotatable bonds is 11. The molecule has 0 radical (unpaired) electrons. The largest absolute Gasteiger partial charge is 1.00 e. The van der Waals surface area contributed by atoms with Gasteiger partial charge in [0.2, 0.25) is 0 Å². The minimum atomic E-state index is -4.72. The van der Waals surface area contributed by atoms with E-state index in [1.54, 1.807) is 0 Å². The molecule has 20 heteroatoms. The molecule has 1 aliphatic rings. The quantitative estimate of drug-likeness (QED) is 0.0276. The Morgan fingerprint density at radius 2 is 1.58 bits per heavy atom. The summed E-state index contributed by atoms with van der Waals surface area (Å²) < 4.78 is 38.6. The van der Waals surface area contributed by atoms with E-state index in [9.17, 15) is 47.6 Å². The van der Waals surface area contributed by atoms with Crippen molar-refractivity contribution in [2.75, 3.05) is 5.01 Å². The fourth-order valence-corrected chi connectivity index (χ4v) is 4.67. The number of nitrogens with zero attached hydrogens (tertiary/aromatic N) is 2. The van der Waals surface area contributed by atoms with E-state index in [1.165, 1.54) is 54.6 Å². The number of nitrogens with one attached hydrogen (secondary N) is 2. The summed E-state index contributed by atoms with van der Waals surface area (Å²) in [6.45, 7) is 0. The van der Waals surface area contributed by atoms with Crippen LogP contribution in [0.3, 0.4) is 0 Å². The monoisotopic (exact) mass is 708 g/mol. The van der Waals surface area contributed by atoms with Gasteiger partial charge in [-0.25, -0.2) is 28.3 Å². The summed E-state index contributed by atoms with van der Waals surface area (Å²) in [6.07, 6.45) is 6.35. The van der Waals surface area contributed by atoms with Crippen molar-refractivity contribution in [3.63, 3.8) is 0 Å². The first kappa shape index (κ1) is 39.6. The number of aliphatic carboxylic acids is 1. The molecule has 1 fully saturated rings. The Bertz CT molecular complexity index is 1820. The summed E-state index contributed by atoms with van der Waals surface area (Å²) in [7, 11) is -4.72. The van der Waals surface area contributed by atoms with Gasteiger partial charge in [-0.2, -0.15) is 4.33 Å². The van der Waals surface area contributed by atoms with Crippen molar-refractivity contribution in [1.29, 1.82) is 0 Å². The summed E-state index contributed by atoms with van der Waals surface area (Å²) in [4.78, 5) is 49.3. The smallest absolute Gasteiger partial charge is 0.744 e. The average Bonchev–Trinajstić information content (AvgIpc) is 3.48. The number of aromatic amines is 1. The molecule has 0 aliphatic carbocycles. The maximum atomic E-state index is 12.9. The van der Waals surface area contributed by atoms with E-state index in [2.05, 4.69) is 19.9 Å². The van der Waals surface area contributed by atoms with E-state index >= 15 is 0 Å². The van der Waals surface area contributed by atoms with E-state index in [0.717, 1.165) is 34.0 Å². The summed E-state index contributed by atoms with van der Waals surface area (Å²) >= 11 is 0.628. The number of amides is 1. The maximum absolute atomic E-state index is 12.9. The molecule has 2 aromatic carbocycles. The van der Waals surface area contributed by atoms with Crippen molar-refractivity contribution in [1.82, 2.24) is 15.2 Å². The van der Waals surface area contributed by atoms with Crippen LogP contribution < -0.4 is 124 Å². The van der Waals surface area contributed by atoms with Crippen molar-refractivity contribution in [2.45, 2.75) is 15.8 Å².